The smallest absolute Gasteiger partial charge is 0.218 e. The molecule has 1 saturated heterocycles. The van der Waals surface area contributed by atoms with E-state index in [4.69, 9.17) is 0 Å². The van der Waals surface area contributed by atoms with Gasteiger partial charge in [0.2, 0.25) is 20.0 Å². The highest BCUT2D eigenvalue weighted by molar-refractivity contribution is 7.89. The van der Waals surface area contributed by atoms with E-state index in [0.717, 1.165) is 4.90 Å². The number of sulfonamides is 2. The molecule has 0 aromatic heterocycles. The van der Waals surface area contributed by atoms with Crippen molar-refractivity contribution < 1.29 is 21.7 Å². The van der Waals surface area contributed by atoms with Crippen molar-refractivity contribution in [1.82, 2.24) is 8.61 Å². The van der Waals surface area contributed by atoms with Crippen LogP contribution in [0.1, 0.15) is 40.5 Å². The molecular weight excluding hydrogens is 350 g/mol. The Balaban J connectivity index is 2.78. The van der Waals surface area contributed by atoms with E-state index in [0.29, 0.717) is 38.0 Å². The first kappa shape index (κ1) is 21.8. The quantitative estimate of drug-likeness (QED) is 0.628. The van der Waals surface area contributed by atoms with Gasteiger partial charge in [-0.1, -0.05) is 27.7 Å². The molecule has 0 atom stereocenters. The summed E-state index contributed by atoms with van der Waals surface area (Å²) in [5, 5.41) is 0. The maximum absolute atomic E-state index is 12.5. The lowest BCUT2D eigenvalue weighted by atomic mass is 10.2. The standard InChI is InChI=1S/C15H33N3O4S2/c1-14(2)6-10-23(19,20)17-8-9-18(13-16(5)12-17)24(21,22)11-7-15(3)4/h14-15H,6-13H2,1-5H3/p+1. The minimum Gasteiger partial charge on any atom is -0.311 e. The summed E-state index contributed by atoms with van der Waals surface area (Å²) in [6.07, 6.45) is 1.24. The molecule has 0 aromatic carbocycles. The first-order chi connectivity index (χ1) is 10.9. The summed E-state index contributed by atoms with van der Waals surface area (Å²) in [5.41, 5.74) is 0. The van der Waals surface area contributed by atoms with E-state index in [1.54, 1.807) is 0 Å². The van der Waals surface area contributed by atoms with E-state index >= 15 is 0 Å². The van der Waals surface area contributed by atoms with Crippen LogP contribution in [0.4, 0.5) is 0 Å². The van der Waals surface area contributed by atoms with Crippen molar-refractivity contribution in [2.45, 2.75) is 40.5 Å². The van der Waals surface area contributed by atoms with Crippen LogP contribution in [0, 0.1) is 11.8 Å². The average Bonchev–Trinajstić information content (AvgIpc) is 2.66. The van der Waals surface area contributed by atoms with Crippen molar-refractivity contribution in [2.75, 3.05) is 45.0 Å². The Labute approximate surface area is 148 Å². The molecule has 0 spiro atoms. The Hall–Kier alpha value is -0.220. The largest absolute Gasteiger partial charge is 0.311 e. The molecule has 1 aliphatic heterocycles. The van der Waals surface area contributed by atoms with Gasteiger partial charge in [-0.15, -0.1) is 0 Å². The van der Waals surface area contributed by atoms with Crippen LogP contribution in [0.15, 0.2) is 0 Å². The van der Waals surface area contributed by atoms with E-state index in [-0.39, 0.29) is 24.6 Å². The topological polar surface area (TPSA) is 79.2 Å². The van der Waals surface area contributed by atoms with Crippen LogP contribution < -0.4 is 4.90 Å². The summed E-state index contributed by atoms with van der Waals surface area (Å²) in [6.45, 7) is 9.10. The Morgan fingerprint density at radius 3 is 1.42 bits per heavy atom. The van der Waals surface area contributed by atoms with Gasteiger partial charge in [0.15, 0.2) is 0 Å². The molecule has 9 heteroatoms. The van der Waals surface area contributed by atoms with Crippen LogP contribution in [0.2, 0.25) is 0 Å². The van der Waals surface area contributed by atoms with Gasteiger partial charge in [-0.3, -0.25) is 0 Å². The summed E-state index contributed by atoms with van der Waals surface area (Å²) in [6, 6.07) is 0. The molecule has 1 aliphatic rings. The van der Waals surface area contributed by atoms with Crippen molar-refractivity contribution in [1.29, 1.82) is 0 Å². The molecule has 7 nitrogen and oxygen atoms in total. The van der Waals surface area contributed by atoms with Gasteiger partial charge in [0.1, 0.15) is 13.3 Å². The maximum Gasteiger partial charge on any atom is 0.218 e. The molecule has 0 saturated carbocycles. The monoisotopic (exact) mass is 384 g/mol. The van der Waals surface area contributed by atoms with Gasteiger partial charge in [0.05, 0.1) is 18.6 Å². The van der Waals surface area contributed by atoms with Gasteiger partial charge in [-0.05, 0) is 24.7 Å². The number of quaternary nitrogens is 1. The second-order valence-electron chi connectivity index (χ2n) is 7.62. The molecule has 0 aromatic rings. The van der Waals surface area contributed by atoms with Crippen molar-refractivity contribution in [2.24, 2.45) is 11.8 Å². The molecule has 0 amide bonds. The van der Waals surface area contributed by atoms with Crippen LogP contribution >= 0.6 is 0 Å². The number of hydrogen-bond acceptors (Lipinski definition) is 4. The second-order valence-corrected chi connectivity index (χ2v) is 11.8. The number of nitrogens with zero attached hydrogens (tertiary/aromatic N) is 2. The van der Waals surface area contributed by atoms with Crippen LogP contribution in [0.5, 0.6) is 0 Å². The third-order valence-corrected chi connectivity index (χ3v) is 7.88. The van der Waals surface area contributed by atoms with Gasteiger partial charge in [-0.25, -0.2) is 16.8 Å². The fourth-order valence-electron chi connectivity index (χ4n) is 2.54. The molecule has 24 heavy (non-hydrogen) atoms. The Kier molecular flexibility index (Phi) is 8.12. The van der Waals surface area contributed by atoms with Crippen LogP contribution in [0.3, 0.4) is 0 Å². The zero-order chi connectivity index (χ0) is 18.5. The minimum atomic E-state index is -3.34. The molecule has 1 rings (SSSR count). The highest BCUT2D eigenvalue weighted by Gasteiger charge is 2.33. The third-order valence-electron chi connectivity index (χ3n) is 4.18. The highest BCUT2D eigenvalue weighted by Crippen LogP contribution is 2.11. The summed E-state index contributed by atoms with van der Waals surface area (Å²) < 4.78 is 52.9. The van der Waals surface area contributed by atoms with Gasteiger partial charge >= 0.3 is 0 Å². The Bertz CT molecular complexity index is 536. The molecule has 1 heterocycles. The van der Waals surface area contributed by atoms with E-state index < -0.39 is 20.0 Å². The average molecular weight is 385 g/mol. The Morgan fingerprint density at radius 2 is 1.12 bits per heavy atom. The van der Waals surface area contributed by atoms with Crippen LogP contribution in [-0.4, -0.2) is 70.4 Å². The fraction of sp³-hybridized carbons (Fsp3) is 1.00. The number of rotatable bonds is 8. The third kappa shape index (κ3) is 6.95. The number of nitrogens with one attached hydrogen (secondary N) is 1. The minimum absolute atomic E-state index is 0.123. The van der Waals surface area contributed by atoms with Gasteiger partial charge in [0, 0.05) is 13.1 Å². The van der Waals surface area contributed by atoms with Crippen molar-refractivity contribution >= 4 is 20.0 Å². The SMILES string of the molecule is CC(C)CCS(=O)(=O)N1CCN(S(=O)(=O)CCC(C)C)C[NH+](C)C1. The molecule has 0 bridgehead atoms. The van der Waals surface area contributed by atoms with E-state index in [2.05, 4.69) is 0 Å². The zero-order valence-electron chi connectivity index (χ0n) is 15.7. The summed E-state index contributed by atoms with van der Waals surface area (Å²) >= 11 is 0. The normalized spacial score (nSPS) is 20.0. The predicted octanol–water partition coefficient (Wildman–Crippen LogP) is -0.214. The molecule has 1 fully saturated rings. The maximum atomic E-state index is 12.5. The van der Waals surface area contributed by atoms with Crippen LogP contribution in [-0.2, 0) is 20.0 Å². The second kappa shape index (κ2) is 8.93. The van der Waals surface area contributed by atoms with Gasteiger partial charge in [-0.2, -0.15) is 8.61 Å². The lowest BCUT2D eigenvalue weighted by Gasteiger charge is -2.22. The fourth-order valence-corrected chi connectivity index (χ4v) is 6.14. The predicted molar refractivity (Wildman–Crippen MR) is 96.5 cm³/mol. The van der Waals surface area contributed by atoms with Crippen molar-refractivity contribution in [3.8, 4) is 0 Å². The van der Waals surface area contributed by atoms with Crippen LogP contribution in [0.25, 0.3) is 0 Å². The molecule has 1 N–H and O–H groups in total. The lowest BCUT2D eigenvalue weighted by Crippen LogP contribution is -3.11. The highest BCUT2D eigenvalue weighted by atomic mass is 32.2. The van der Waals surface area contributed by atoms with Gasteiger partial charge in [0.25, 0.3) is 0 Å². The van der Waals surface area contributed by atoms with E-state index in [1.807, 2.05) is 34.7 Å². The Morgan fingerprint density at radius 1 is 0.792 bits per heavy atom. The zero-order valence-corrected chi connectivity index (χ0v) is 17.3. The molecule has 0 unspecified atom stereocenters. The molecule has 144 valence electrons. The summed E-state index contributed by atoms with van der Waals surface area (Å²) in [4.78, 5) is 0.869. The van der Waals surface area contributed by atoms with E-state index in [9.17, 15) is 16.8 Å². The van der Waals surface area contributed by atoms with Gasteiger partial charge < -0.3 is 4.90 Å². The lowest BCUT2D eigenvalue weighted by molar-refractivity contribution is -0.893. The summed E-state index contributed by atoms with van der Waals surface area (Å²) in [5.74, 6) is 0.894. The first-order valence-corrected chi connectivity index (χ1v) is 11.9. The summed E-state index contributed by atoms with van der Waals surface area (Å²) in [7, 11) is -4.84. The van der Waals surface area contributed by atoms with Crippen molar-refractivity contribution in [3.63, 3.8) is 0 Å². The first-order valence-electron chi connectivity index (χ1n) is 8.71. The van der Waals surface area contributed by atoms with E-state index in [1.165, 1.54) is 8.61 Å². The molecule has 0 aliphatic carbocycles. The number of hydrogen-bond donors (Lipinski definition) is 1. The molecular formula is C15H34N3O4S2+. The van der Waals surface area contributed by atoms with Crippen molar-refractivity contribution in [3.05, 3.63) is 0 Å². The molecule has 0 radical (unpaired) electrons.